The molecule has 0 saturated carbocycles. The van der Waals surface area contributed by atoms with Crippen LogP contribution >= 0.6 is 0 Å². The number of hydrogen-bond acceptors (Lipinski definition) is 1. The molecule has 5 rings (SSSR count). The van der Waals surface area contributed by atoms with Gasteiger partial charge in [0, 0.05) is 17.1 Å². The lowest BCUT2D eigenvalue weighted by molar-refractivity contribution is 1.28. The highest BCUT2D eigenvalue weighted by atomic mass is 15.1. The van der Waals surface area contributed by atoms with Crippen LogP contribution in [0.1, 0.15) is 12.5 Å². The summed E-state index contributed by atoms with van der Waals surface area (Å²) < 4.78 is 0. The second-order valence-corrected chi connectivity index (χ2v) is 9.07. The van der Waals surface area contributed by atoms with E-state index in [4.69, 9.17) is 0 Å². The van der Waals surface area contributed by atoms with E-state index in [1.807, 2.05) is 25.1 Å². The Hall–Kier alpha value is -4.88. The molecule has 5 aromatic rings. The monoisotopic (exact) mass is 489 g/mol. The first kappa shape index (κ1) is 24.8. The van der Waals surface area contributed by atoms with Gasteiger partial charge in [-0.3, -0.25) is 0 Å². The van der Waals surface area contributed by atoms with Crippen LogP contribution in [0.3, 0.4) is 0 Å². The molecule has 0 atom stereocenters. The number of allylic oxidation sites excluding steroid dienone is 5. The number of hydrogen-bond donors (Lipinski definition) is 0. The average molecular weight is 490 g/mol. The summed E-state index contributed by atoms with van der Waals surface area (Å²) in [6.07, 6.45) is 8.03. The van der Waals surface area contributed by atoms with E-state index in [2.05, 4.69) is 151 Å². The Morgan fingerprint density at radius 2 is 0.947 bits per heavy atom. The first-order valence-corrected chi connectivity index (χ1v) is 12.9. The number of para-hydroxylation sites is 1. The highest BCUT2D eigenvalue weighted by molar-refractivity contribution is 5.81. The molecule has 38 heavy (non-hydrogen) atoms. The molecule has 1 heteroatoms. The summed E-state index contributed by atoms with van der Waals surface area (Å²) in [6, 6.07) is 47.3. The Labute approximate surface area is 226 Å². The van der Waals surface area contributed by atoms with Gasteiger partial charge in [0.15, 0.2) is 0 Å². The van der Waals surface area contributed by atoms with Crippen molar-refractivity contribution in [3.05, 3.63) is 170 Å². The Kier molecular flexibility index (Phi) is 7.77. The predicted octanol–water partition coefficient (Wildman–Crippen LogP) is 10.6. The fourth-order valence-corrected chi connectivity index (χ4v) is 4.67. The van der Waals surface area contributed by atoms with E-state index >= 15 is 0 Å². The number of rotatable bonds is 8. The van der Waals surface area contributed by atoms with Crippen molar-refractivity contribution in [3.8, 4) is 22.3 Å². The smallest absolute Gasteiger partial charge is 0.0462 e. The van der Waals surface area contributed by atoms with Gasteiger partial charge in [-0.2, -0.15) is 0 Å². The molecule has 0 spiro atoms. The highest BCUT2D eigenvalue weighted by Crippen LogP contribution is 2.36. The average Bonchev–Trinajstić information content (AvgIpc) is 2.99. The van der Waals surface area contributed by atoms with Crippen LogP contribution in [0, 0.1) is 0 Å². The zero-order valence-corrected chi connectivity index (χ0v) is 21.7. The molecule has 0 radical (unpaired) electrons. The number of benzene rings is 5. The fraction of sp³-hybridized carbons (Fsp3) is 0.0270. The topological polar surface area (TPSA) is 3.24 Å². The number of nitrogens with zero attached hydrogens (tertiary/aromatic N) is 1. The SMILES string of the molecule is C=C/C=C(\C=C/C)c1ccc(N(c2ccccc2)c2ccc(-c3ccc(-c4ccccc4)cc3)cc2)cc1. The van der Waals surface area contributed by atoms with Crippen molar-refractivity contribution < 1.29 is 0 Å². The van der Waals surface area contributed by atoms with Gasteiger partial charge in [-0.1, -0.05) is 128 Å². The van der Waals surface area contributed by atoms with Crippen molar-refractivity contribution in [1.29, 1.82) is 0 Å². The van der Waals surface area contributed by atoms with Gasteiger partial charge in [-0.15, -0.1) is 0 Å². The van der Waals surface area contributed by atoms with Crippen molar-refractivity contribution in [1.82, 2.24) is 0 Å². The number of anilines is 3. The maximum absolute atomic E-state index is 3.86. The Bertz CT molecular complexity index is 1520. The summed E-state index contributed by atoms with van der Waals surface area (Å²) in [5.74, 6) is 0. The van der Waals surface area contributed by atoms with Gasteiger partial charge >= 0.3 is 0 Å². The van der Waals surface area contributed by atoms with Crippen LogP contribution in [0.2, 0.25) is 0 Å². The Morgan fingerprint density at radius 1 is 0.526 bits per heavy atom. The third kappa shape index (κ3) is 5.58. The molecular formula is C37H31N. The van der Waals surface area contributed by atoms with Crippen molar-refractivity contribution in [2.24, 2.45) is 0 Å². The van der Waals surface area contributed by atoms with Gasteiger partial charge in [0.25, 0.3) is 0 Å². The largest absolute Gasteiger partial charge is 0.311 e. The summed E-state index contributed by atoms with van der Waals surface area (Å²) >= 11 is 0. The molecule has 0 amide bonds. The van der Waals surface area contributed by atoms with E-state index in [0.717, 1.165) is 28.2 Å². The van der Waals surface area contributed by atoms with Crippen LogP contribution in [-0.4, -0.2) is 0 Å². The summed E-state index contributed by atoms with van der Waals surface area (Å²) in [5, 5.41) is 0. The van der Waals surface area contributed by atoms with Gasteiger partial charge in [-0.25, -0.2) is 0 Å². The van der Waals surface area contributed by atoms with Crippen molar-refractivity contribution in [2.75, 3.05) is 4.90 Å². The van der Waals surface area contributed by atoms with E-state index < -0.39 is 0 Å². The summed E-state index contributed by atoms with van der Waals surface area (Å²) in [6.45, 7) is 5.89. The summed E-state index contributed by atoms with van der Waals surface area (Å²) in [4.78, 5) is 2.29. The summed E-state index contributed by atoms with van der Waals surface area (Å²) in [7, 11) is 0. The van der Waals surface area contributed by atoms with E-state index in [9.17, 15) is 0 Å². The van der Waals surface area contributed by atoms with E-state index in [1.165, 1.54) is 22.3 Å². The minimum absolute atomic E-state index is 1.11. The molecule has 0 bridgehead atoms. The fourth-order valence-electron chi connectivity index (χ4n) is 4.67. The standard InChI is InChI=1S/C37H31N/c1-3-11-29(12-4-2)33-21-25-36(26-22-33)38(35-15-9-6-10-16-35)37-27-23-34(24-28-37)32-19-17-31(18-20-32)30-13-7-5-8-14-30/h3-28H,1H2,2H3/b12-4-,29-11+. The van der Waals surface area contributed by atoms with Gasteiger partial charge in [0.05, 0.1) is 0 Å². The van der Waals surface area contributed by atoms with Gasteiger partial charge in [-0.05, 0) is 76.7 Å². The van der Waals surface area contributed by atoms with Gasteiger partial charge in [0.1, 0.15) is 0 Å². The van der Waals surface area contributed by atoms with Crippen LogP contribution in [0.15, 0.2) is 164 Å². The van der Waals surface area contributed by atoms with Crippen molar-refractivity contribution in [3.63, 3.8) is 0 Å². The van der Waals surface area contributed by atoms with E-state index in [1.54, 1.807) is 0 Å². The van der Waals surface area contributed by atoms with Gasteiger partial charge in [0.2, 0.25) is 0 Å². The third-order valence-corrected chi connectivity index (χ3v) is 6.57. The highest BCUT2D eigenvalue weighted by Gasteiger charge is 2.13. The van der Waals surface area contributed by atoms with Crippen LogP contribution < -0.4 is 4.90 Å². The van der Waals surface area contributed by atoms with Crippen LogP contribution in [0.4, 0.5) is 17.1 Å². The molecule has 0 fully saturated rings. The molecule has 0 aliphatic carbocycles. The molecule has 0 aliphatic heterocycles. The zero-order chi connectivity index (χ0) is 26.2. The van der Waals surface area contributed by atoms with Crippen LogP contribution in [0.25, 0.3) is 27.8 Å². The van der Waals surface area contributed by atoms with Gasteiger partial charge < -0.3 is 4.90 Å². The quantitative estimate of drug-likeness (QED) is 0.196. The molecule has 0 aliphatic rings. The molecule has 5 aromatic carbocycles. The predicted molar refractivity (Wildman–Crippen MR) is 165 cm³/mol. The Morgan fingerprint density at radius 3 is 1.45 bits per heavy atom. The normalized spacial score (nSPS) is 11.4. The maximum Gasteiger partial charge on any atom is 0.0462 e. The molecule has 0 unspecified atom stereocenters. The molecule has 0 heterocycles. The lowest BCUT2D eigenvalue weighted by Crippen LogP contribution is -2.09. The molecule has 0 aromatic heterocycles. The molecule has 184 valence electrons. The van der Waals surface area contributed by atoms with Crippen LogP contribution in [-0.2, 0) is 0 Å². The molecule has 0 saturated heterocycles. The minimum atomic E-state index is 1.11. The Balaban J connectivity index is 1.45. The lowest BCUT2D eigenvalue weighted by Gasteiger charge is -2.26. The van der Waals surface area contributed by atoms with Crippen LogP contribution in [0.5, 0.6) is 0 Å². The van der Waals surface area contributed by atoms with E-state index in [0.29, 0.717) is 0 Å². The molecule has 0 N–H and O–H groups in total. The summed E-state index contributed by atoms with van der Waals surface area (Å²) in [5.41, 5.74) is 10.5. The maximum atomic E-state index is 3.86. The molecular weight excluding hydrogens is 458 g/mol. The second kappa shape index (κ2) is 11.9. The van der Waals surface area contributed by atoms with Crippen molar-refractivity contribution >= 4 is 22.6 Å². The first-order valence-electron chi connectivity index (χ1n) is 12.9. The van der Waals surface area contributed by atoms with E-state index in [-0.39, 0.29) is 0 Å². The van der Waals surface area contributed by atoms with Crippen molar-refractivity contribution in [2.45, 2.75) is 6.92 Å². The minimum Gasteiger partial charge on any atom is -0.311 e. The lowest BCUT2D eigenvalue weighted by atomic mass is 10.00. The first-order chi connectivity index (χ1) is 18.8. The molecule has 1 nitrogen and oxygen atoms in total. The second-order valence-electron chi connectivity index (χ2n) is 9.07. The zero-order valence-electron chi connectivity index (χ0n) is 21.7. The third-order valence-electron chi connectivity index (χ3n) is 6.57.